The molecule has 3 N–H and O–H groups in total. The van der Waals surface area contributed by atoms with Crippen molar-refractivity contribution in [3.8, 4) is 0 Å². The second kappa shape index (κ2) is 4.67. The van der Waals surface area contributed by atoms with Crippen molar-refractivity contribution in [3.05, 3.63) is 29.5 Å². The number of hydrogen-bond donors (Lipinski definition) is 3. The minimum absolute atomic E-state index is 0.114. The average Bonchev–Trinajstić information content (AvgIpc) is 2.75. The number of hydrogen-bond acceptors (Lipinski definition) is 2. The van der Waals surface area contributed by atoms with E-state index in [0.29, 0.717) is 12.8 Å². The summed E-state index contributed by atoms with van der Waals surface area (Å²) in [5, 5.41) is 12.9. The monoisotopic (exact) mass is 272 g/mol. The Balaban J connectivity index is 2.04. The number of anilines is 1. The number of H-pyrrole nitrogens is 1. The van der Waals surface area contributed by atoms with Gasteiger partial charge in [-0.3, -0.25) is 9.59 Å². The van der Waals surface area contributed by atoms with Crippen LogP contribution in [0.15, 0.2) is 18.2 Å². The zero-order chi connectivity index (χ0) is 14.3. The lowest BCUT2D eigenvalue weighted by Gasteiger charge is -2.18. The molecule has 0 fully saturated rings. The molecular weight excluding hydrogens is 256 g/mol. The molecule has 1 aromatic carbocycles. The van der Waals surface area contributed by atoms with E-state index in [9.17, 15) is 14.7 Å². The molecule has 0 aliphatic heterocycles. The van der Waals surface area contributed by atoms with Gasteiger partial charge in [0.2, 0.25) is 5.91 Å². The lowest BCUT2D eigenvalue weighted by molar-refractivity contribution is -0.142. The van der Waals surface area contributed by atoms with E-state index in [1.807, 2.05) is 18.2 Å². The molecule has 0 saturated carbocycles. The van der Waals surface area contributed by atoms with Gasteiger partial charge in [0.25, 0.3) is 0 Å². The van der Waals surface area contributed by atoms with Crippen LogP contribution >= 0.6 is 0 Å². The minimum Gasteiger partial charge on any atom is -0.481 e. The largest absolute Gasteiger partial charge is 0.481 e. The molecule has 0 saturated heterocycles. The number of rotatable bonds is 2. The summed E-state index contributed by atoms with van der Waals surface area (Å²) in [6, 6.07) is 5.69. The number of carboxylic acid groups (broad SMARTS) is 1. The van der Waals surface area contributed by atoms with E-state index < -0.39 is 5.97 Å². The maximum atomic E-state index is 11.2. The molecule has 1 heterocycles. The van der Waals surface area contributed by atoms with Crippen LogP contribution < -0.4 is 5.32 Å². The third kappa shape index (κ3) is 2.15. The molecule has 1 unspecified atom stereocenters. The second-order valence-electron chi connectivity index (χ2n) is 5.30. The molecular formula is C15H16N2O3. The van der Waals surface area contributed by atoms with Gasteiger partial charge in [0, 0.05) is 29.2 Å². The van der Waals surface area contributed by atoms with E-state index in [4.69, 9.17) is 0 Å². The van der Waals surface area contributed by atoms with Gasteiger partial charge >= 0.3 is 5.97 Å². The standard InChI is InChI=1S/C15H16N2O3/c1-8(18)16-10-3-5-14-12(7-10)11-6-9(15(19)20)2-4-13(11)17-14/h3,5,7,9,17H,2,4,6H2,1H3,(H,16,18)(H,19,20). The van der Waals surface area contributed by atoms with Crippen LogP contribution in [0.3, 0.4) is 0 Å². The number of aliphatic carboxylic acids is 1. The minimum atomic E-state index is -0.733. The van der Waals surface area contributed by atoms with Gasteiger partial charge in [-0.25, -0.2) is 0 Å². The molecule has 1 aliphatic carbocycles. The van der Waals surface area contributed by atoms with Crippen molar-refractivity contribution >= 4 is 28.5 Å². The molecule has 5 nitrogen and oxygen atoms in total. The van der Waals surface area contributed by atoms with Crippen LogP contribution in [0.2, 0.25) is 0 Å². The first-order valence-electron chi connectivity index (χ1n) is 6.68. The van der Waals surface area contributed by atoms with Crippen LogP contribution in [0.4, 0.5) is 5.69 Å². The van der Waals surface area contributed by atoms with Gasteiger partial charge in [0.15, 0.2) is 0 Å². The SMILES string of the molecule is CC(=O)Nc1ccc2[nH]c3c(c2c1)CC(C(=O)O)CC3. The number of aryl methyl sites for hydroxylation is 1. The van der Waals surface area contributed by atoms with E-state index in [1.165, 1.54) is 6.92 Å². The molecule has 1 aromatic heterocycles. The molecule has 0 radical (unpaired) electrons. The first kappa shape index (κ1) is 12.7. The van der Waals surface area contributed by atoms with Gasteiger partial charge in [-0.1, -0.05) is 0 Å². The molecule has 1 atom stereocenters. The summed E-state index contributed by atoms with van der Waals surface area (Å²) in [7, 11) is 0. The summed E-state index contributed by atoms with van der Waals surface area (Å²) in [6.07, 6.45) is 1.98. The van der Waals surface area contributed by atoms with E-state index >= 15 is 0 Å². The number of fused-ring (bicyclic) bond motifs is 3. The smallest absolute Gasteiger partial charge is 0.306 e. The summed E-state index contributed by atoms with van der Waals surface area (Å²) in [6.45, 7) is 1.47. The van der Waals surface area contributed by atoms with Gasteiger partial charge in [-0.15, -0.1) is 0 Å². The van der Waals surface area contributed by atoms with Crippen molar-refractivity contribution in [3.63, 3.8) is 0 Å². The highest BCUT2D eigenvalue weighted by Crippen LogP contribution is 2.33. The van der Waals surface area contributed by atoms with Crippen molar-refractivity contribution in [1.29, 1.82) is 0 Å². The topological polar surface area (TPSA) is 82.2 Å². The Bertz CT molecular complexity index is 702. The predicted molar refractivity (Wildman–Crippen MR) is 75.8 cm³/mol. The molecule has 1 amide bonds. The third-order valence-corrected chi connectivity index (χ3v) is 3.86. The number of carboxylic acids is 1. The number of benzene rings is 1. The predicted octanol–water partition coefficient (Wildman–Crippen LogP) is 2.32. The highest BCUT2D eigenvalue weighted by atomic mass is 16.4. The lowest BCUT2D eigenvalue weighted by atomic mass is 9.86. The number of aromatic amines is 1. The molecule has 1 aliphatic rings. The summed E-state index contributed by atoms with van der Waals surface area (Å²) in [5.74, 6) is -1.16. The van der Waals surface area contributed by atoms with E-state index in [1.54, 1.807) is 0 Å². The molecule has 3 rings (SSSR count). The van der Waals surface area contributed by atoms with E-state index in [0.717, 1.165) is 34.3 Å². The fourth-order valence-electron chi connectivity index (χ4n) is 2.91. The highest BCUT2D eigenvalue weighted by molar-refractivity contribution is 5.94. The maximum Gasteiger partial charge on any atom is 0.306 e. The van der Waals surface area contributed by atoms with Crippen molar-refractivity contribution < 1.29 is 14.7 Å². The zero-order valence-corrected chi connectivity index (χ0v) is 11.2. The molecule has 0 spiro atoms. The van der Waals surface area contributed by atoms with Gasteiger partial charge in [-0.05, 0) is 43.0 Å². The Hall–Kier alpha value is -2.30. The van der Waals surface area contributed by atoms with Crippen LogP contribution in [-0.4, -0.2) is 22.0 Å². The van der Waals surface area contributed by atoms with Crippen molar-refractivity contribution in [2.75, 3.05) is 5.32 Å². The second-order valence-corrected chi connectivity index (χ2v) is 5.30. The first-order valence-corrected chi connectivity index (χ1v) is 6.68. The molecule has 0 bridgehead atoms. The summed E-state index contributed by atoms with van der Waals surface area (Å²) >= 11 is 0. The zero-order valence-electron chi connectivity index (χ0n) is 11.2. The normalized spacial score (nSPS) is 17.8. The quantitative estimate of drug-likeness (QED) is 0.784. The molecule has 2 aromatic rings. The van der Waals surface area contributed by atoms with Crippen LogP contribution in [0.5, 0.6) is 0 Å². The Morgan fingerprint density at radius 2 is 2.20 bits per heavy atom. The highest BCUT2D eigenvalue weighted by Gasteiger charge is 2.27. The lowest BCUT2D eigenvalue weighted by Crippen LogP contribution is -2.21. The summed E-state index contributed by atoms with van der Waals surface area (Å²) in [5.41, 5.74) is 3.93. The van der Waals surface area contributed by atoms with Crippen LogP contribution in [0.25, 0.3) is 10.9 Å². The van der Waals surface area contributed by atoms with Gasteiger partial charge in [0.05, 0.1) is 5.92 Å². The Labute approximate surface area is 116 Å². The first-order chi connectivity index (χ1) is 9.54. The number of aromatic nitrogens is 1. The average molecular weight is 272 g/mol. The van der Waals surface area contributed by atoms with Crippen LogP contribution in [0.1, 0.15) is 24.6 Å². The van der Waals surface area contributed by atoms with Crippen molar-refractivity contribution in [2.45, 2.75) is 26.2 Å². The molecule has 104 valence electrons. The Morgan fingerprint density at radius 3 is 2.90 bits per heavy atom. The number of carbonyl (C=O) groups excluding carboxylic acids is 1. The van der Waals surface area contributed by atoms with Gasteiger partial charge in [0.1, 0.15) is 0 Å². The molecule has 5 heteroatoms. The van der Waals surface area contributed by atoms with Crippen LogP contribution in [0, 0.1) is 5.92 Å². The molecule has 20 heavy (non-hydrogen) atoms. The number of nitrogens with one attached hydrogen (secondary N) is 2. The third-order valence-electron chi connectivity index (χ3n) is 3.86. The maximum absolute atomic E-state index is 11.2. The van der Waals surface area contributed by atoms with E-state index in [2.05, 4.69) is 10.3 Å². The summed E-state index contributed by atoms with van der Waals surface area (Å²) in [4.78, 5) is 25.6. The number of carbonyl (C=O) groups is 2. The van der Waals surface area contributed by atoms with Gasteiger partial charge < -0.3 is 15.4 Å². The van der Waals surface area contributed by atoms with Crippen LogP contribution in [-0.2, 0) is 22.4 Å². The van der Waals surface area contributed by atoms with Gasteiger partial charge in [-0.2, -0.15) is 0 Å². The Kier molecular flexibility index (Phi) is 2.97. The Morgan fingerprint density at radius 1 is 1.40 bits per heavy atom. The fraction of sp³-hybridized carbons (Fsp3) is 0.333. The van der Waals surface area contributed by atoms with E-state index in [-0.39, 0.29) is 11.8 Å². The van der Waals surface area contributed by atoms with Crippen molar-refractivity contribution in [1.82, 2.24) is 4.98 Å². The fourth-order valence-corrected chi connectivity index (χ4v) is 2.91. The number of amides is 1. The summed E-state index contributed by atoms with van der Waals surface area (Å²) < 4.78 is 0. The van der Waals surface area contributed by atoms with Crippen molar-refractivity contribution in [2.24, 2.45) is 5.92 Å².